The Labute approximate surface area is 338 Å². The topological polar surface area (TPSA) is 77.6 Å². The highest BCUT2D eigenvalue weighted by Gasteiger charge is 2.19. The average molecular weight is 754 g/mol. The van der Waals surface area contributed by atoms with E-state index >= 15 is 0 Å². The smallest absolute Gasteiger partial charge is 0.164 e. The molecule has 0 bridgehead atoms. The highest BCUT2D eigenvalue weighted by Crippen LogP contribution is 2.39. The standard InChI is InChI=1S/C53H31N5O/c1-2-11-37-30-49-44(28-36(37)10-1)50-42(16-9-19-48(50)59-49)53-57-51(56-52(58-53)35-26-22-33(23-27-35)47-31-54-45-17-7-8-18-46(45)55-47)34-24-20-32(21-25-34)43-29-38-12-3-4-13-39(38)40-14-5-6-15-41(40)43/h1-31H. The van der Waals surface area contributed by atoms with Crippen molar-refractivity contribution in [3.8, 4) is 56.5 Å². The second-order valence-electron chi connectivity index (χ2n) is 14.9. The second-order valence-corrected chi connectivity index (χ2v) is 14.9. The molecule has 0 saturated carbocycles. The molecule has 0 N–H and O–H groups in total. The van der Waals surface area contributed by atoms with Gasteiger partial charge >= 0.3 is 0 Å². The molecule has 0 aliphatic heterocycles. The molecule has 0 amide bonds. The minimum atomic E-state index is 0.570. The SMILES string of the molecule is c1ccc2cc3c(cc2c1)oc1cccc(-c2nc(-c4ccc(-c5cnc6ccccc6n5)cc4)nc(-c4ccc(-c5cc6ccccc6c6ccccc56)cc4)n2)c13. The lowest BCUT2D eigenvalue weighted by molar-refractivity contribution is 0.669. The Hall–Kier alpha value is -8.09. The van der Waals surface area contributed by atoms with Crippen molar-refractivity contribution in [3.05, 3.63) is 188 Å². The molecular weight excluding hydrogens is 723 g/mol. The first-order chi connectivity index (χ1) is 29.2. The largest absolute Gasteiger partial charge is 0.456 e. The van der Waals surface area contributed by atoms with Gasteiger partial charge in [-0.05, 0) is 79.8 Å². The van der Waals surface area contributed by atoms with Crippen LogP contribution < -0.4 is 0 Å². The molecular formula is C53H31N5O. The van der Waals surface area contributed by atoms with Crippen LogP contribution in [0.4, 0.5) is 0 Å². The lowest BCUT2D eigenvalue weighted by Gasteiger charge is -2.12. The number of furan rings is 1. The Kier molecular flexibility index (Phi) is 7.43. The summed E-state index contributed by atoms with van der Waals surface area (Å²) in [5.41, 5.74) is 10.0. The summed E-state index contributed by atoms with van der Waals surface area (Å²) < 4.78 is 6.46. The lowest BCUT2D eigenvalue weighted by atomic mass is 9.93. The van der Waals surface area contributed by atoms with E-state index in [0.29, 0.717) is 17.5 Å². The Bertz CT molecular complexity index is 3610. The van der Waals surface area contributed by atoms with Gasteiger partial charge in [0.25, 0.3) is 0 Å². The summed E-state index contributed by atoms with van der Waals surface area (Å²) in [4.78, 5) is 25.0. The highest BCUT2D eigenvalue weighted by molar-refractivity contribution is 6.16. The number of nitrogens with zero attached hydrogens (tertiary/aromatic N) is 5. The molecule has 0 atom stereocenters. The van der Waals surface area contributed by atoms with Crippen LogP contribution >= 0.6 is 0 Å². The lowest BCUT2D eigenvalue weighted by Crippen LogP contribution is -2.00. The van der Waals surface area contributed by atoms with Crippen molar-refractivity contribution in [1.29, 1.82) is 0 Å². The molecule has 3 aromatic heterocycles. The molecule has 3 heterocycles. The number of rotatable bonds is 5. The van der Waals surface area contributed by atoms with Crippen molar-refractivity contribution in [2.75, 3.05) is 0 Å². The van der Waals surface area contributed by atoms with Gasteiger partial charge in [-0.3, -0.25) is 4.98 Å². The minimum absolute atomic E-state index is 0.570. The molecule has 6 heteroatoms. The average Bonchev–Trinajstić information content (AvgIpc) is 3.68. The maximum absolute atomic E-state index is 6.46. The maximum Gasteiger partial charge on any atom is 0.164 e. The summed E-state index contributed by atoms with van der Waals surface area (Å²) in [6.07, 6.45) is 1.82. The van der Waals surface area contributed by atoms with Crippen LogP contribution in [0.2, 0.25) is 0 Å². The van der Waals surface area contributed by atoms with Gasteiger partial charge < -0.3 is 4.42 Å². The van der Waals surface area contributed by atoms with Gasteiger partial charge in [-0.2, -0.15) is 0 Å². The molecule has 0 aliphatic rings. The fourth-order valence-corrected chi connectivity index (χ4v) is 8.43. The van der Waals surface area contributed by atoms with Crippen molar-refractivity contribution in [3.63, 3.8) is 0 Å². The van der Waals surface area contributed by atoms with Crippen LogP contribution in [0.3, 0.4) is 0 Å². The third-order valence-electron chi connectivity index (χ3n) is 11.3. The number of aromatic nitrogens is 5. The molecule has 0 fully saturated rings. The summed E-state index contributed by atoms with van der Waals surface area (Å²) in [6.45, 7) is 0. The molecule has 0 spiro atoms. The van der Waals surface area contributed by atoms with Gasteiger partial charge in [-0.15, -0.1) is 0 Å². The van der Waals surface area contributed by atoms with E-state index in [4.69, 9.17) is 24.4 Å². The first-order valence-corrected chi connectivity index (χ1v) is 19.6. The van der Waals surface area contributed by atoms with Crippen LogP contribution in [0.25, 0.3) is 122 Å². The Morgan fingerprint density at radius 3 is 1.69 bits per heavy atom. The van der Waals surface area contributed by atoms with Gasteiger partial charge in [-0.25, -0.2) is 19.9 Å². The van der Waals surface area contributed by atoms with Crippen LogP contribution in [-0.4, -0.2) is 24.9 Å². The van der Waals surface area contributed by atoms with Crippen molar-refractivity contribution in [2.24, 2.45) is 0 Å². The summed E-state index contributed by atoms with van der Waals surface area (Å²) in [5.74, 6) is 1.72. The van der Waals surface area contributed by atoms with Gasteiger partial charge in [0.05, 0.1) is 22.9 Å². The van der Waals surface area contributed by atoms with Crippen molar-refractivity contribution >= 4 is 65.3 Å². The van der Waals surface area contributed by atoms with Crippen LogP contribution in [0.1, 0.15) is 0 Å². The van der Waals surface area contributed by atoms with Crippen LogP contribution in [-0.2, 0) is 0 Å². The monoisotopic (exact) mass is 753 g/mol. The van der Waals surface area contributed by atoms with Crippen molar-refractivity contribution in [1.82, 2.24) is 24.9 Å². The van der Waals surface area contributed by atoms with Gasteiger partial charge in [0.15, 0.2) is 17.5 Å². The molecule has 0 saturated heterocycles. The van der Waals surface area contributed by atoms with Crippen molar-refractivity contribution in [2.45, 2.75) is 0 Å². The number of hydrogen-bond acceptors (Lipinski definition) is 6. The molecule has 9 aromatic carbocycles. The van der Waals surface area contributed by atoms with Gasteiger partial charge in [0.2, 0.25) is 0 Å². The number of hydrogen-bond donors (Lipinski definition) is 0. The summed E-state index contributed by atoms with van der Waals surface area (Å²) >= 11 is 0. The molecule has 12 rings (SSSR count). The maximum atomic E-state index is 6.46. The zero-order chi connectivity index (χ0) is 38.9. The molecule has 0 unspecified atom stereocenters. The predicted molar refractivity (Wildman–Crippen MR) is 240 cm³/mol. The third-order valence-corrected chi connectivity index (χ3v) is 11.3. The van der Waals surface area contributed by atoms with Crippen LogP contribution in [0.15, 0.2) is 193 Å². The second kappa shape index (κ2) is 13.3. The van der Waals surface area contributed by atoms with Crippen LogP contribution in [0, 0.1) is 0 Å². The fraction of sp³-hybridized carbons (Fsp3) is 0. The summed E-state index contributed by atoms with van der Waals surface area (Å²) in [5, 5.41) is 9.18. The van der Waals surface area contributed by atoms with Gasteiger partial charge in [-0.1, -0.05) is 146 Å². The first kappa shape index (κ1) is 33.1. The minimum Gasteiger partial charge on any atom is -0.456 e. The zero-order valence-corrected chi connectivity index (χ0v) is 31.5. The Morgan fingerprint density at radius 2 is 0.932 bits per heavy atom. The van der Waals surface area contributed by atoms with E-state index in [1.807, 2.05) is 54.7 Å². The predicted octanol–water partition coefficient (Wildman–Crippen LogP) is 13.5. The summed E-state index contributed by atoms with van der Waals surface area (Å²) in [6, 6.07) is 62.9. The Morgan fingerprint density at radius 1 is 0.339 bits per heavy atom. The number of para-hydroxylation sites is 2. The zero-order valence-electron chi connectivity index (χ0n) is 31.5. The first-order valence-electron chi connectivity index (χ1n) is 19.6. The highest BCUT2D eigenvalue weighted by atomic mass is 16.3. The molecule has 59 heavy (non-hydrogen) atoms. The number of benzene rings is 9. The van der Waals surface area contributed by atoms with E-state index in [2.05, 4.69) is 138 Å². The quantitative estimate of drug-likeness (QED) is 0.163. The summed E-state index contributed by atoms with van der Waals surface area (Å²) in [7, 11) is 0. The molecule has 274 valence electrons. The molecule has 0 aliphatic carbocycles. The molecule has 0 radical (unpaired) electrons. The van der Waals surface area contributed by atoms with Gasteiger partial charge in [0, 0.05) is 33.0 Å². The van der Waals surface area contributed by atoms with E-state index in [1.165, 1.54) is 27.1 Å². The third kappa shape index (κ3) is 5.61. The van der Waals surface area contributed by atoms with Crippen molar-refractivity contribution < 1.29 is 4.42 Å². The van der Waals surface area contributed by atoms with Gasteiger partial charge in [0.1, 0.15) is 11.2 Å². The number of fused-ring (bicyclic) bond motifs is 8. The van der Waals surface area contributed by atoms with E-state index in [1.54, 1.807) is 0 Å². The van der Waals surface area contributed by atoms with E-state index in [0.717, 1.165) is 77.3 Å². The van der Waals surface area contributed by atoms with E-state index in [9.17, 15) is 0 Å². The van der Waals surface area contributed by atoms with E-state index < -0.39 is 0 Å². The molecule has 12 aromatic rings. The van der Waals surface area contributed by atoms with Crippen LogP contribution in [0.5, 0.6) is 0 Å². The normalized spacial score (nSPS) is 11.7. The fourth-order valence-electron chi connectivity index (χ4n) is 8.43. The molecule has 6 nitrogen and oxygen atoms in total. The van der Waals surface area contributed by atoms with E-state index in [-0.39, 0.29) is 0 Å². The Balaban J connectivity index is 1.01.